The molecular formula is C10H19NO4. The second kappa shape index (κ2) is 5.77. The van der Waals surface area contributed by atoms with Crippen LogP contribution in [0.25, 0.3) is 0 Å². The second-order valence-electron chi connectivity index (χ2n) is 3.85. The Hall–Kier alpha value is -0.200. The Morgan fingerprint density at radius 2 is 2.20 bits per heavy atom. The van der Waals surface area contributed by atoms with Crippen LogP contribution in [0.1, 0.15) is 12.8 Å². The summed E-state index contributed by atoms with van der Waals surface area (Å²) in [6.45, 7) is 2.87. The minimum atomic E-state index is -0.0552. The molecule has 0 amide bonds. The molecule has 2 aliphatic rings. The van der Waals surface area contributed by atoms with E-state index in [0.29, 0.717) is 13.2 Å². The monoisotopic (exact) mass is 217 g/mol. The van der Waals surface area contributed by atoms with Crippen molar-refractivity contribution in [1.82, 2.24) is 5.32 Å². The van der Waals surface area contributed by atoms with E-state index in [-0.39, 0.29) is 18.6 Å². The van der Waals surface area contributed by atoms with Crippen LogP contribution in [0, 0.1) is 0 Å². The zero-order chi connectivity index (χ0) is 10.5. The third kappa shape index (κ3) is 3.39. The quantitative estimate of drug-likeness (QED) is 0.726. The fraction of sp³-hybridized carbons (Fsp3) is 1.00. The van der Waals surface area contributed by atoms with Crippen molar-refractivity contribution in [3.05, 3.63) is 0 Å². The summed E-state index contributed by atoms with van der Waals surface area (Å²) in [5.74, 6) is 0. The molecule has 2 saturated heterocycles. The lowest BCUT2D eigenvalue weighted by molar-refractivity contribution is -0.200. The van der Waals surface area contributed by atoms with Crippen LogP contribution in [0.2, 0.25) is 0 Å². The van der Waals surface area contributed by atoms with Gasteiger partial charge in [0.05, 0.1) is 25.9 Å². The molecule has 2 heterocycles. The number of hydrogen-bond acceptors (Lipinski definition) is 5. The molecule has 1 N–H and O–H groups in total. The fourth-order valence-corrected chi connectivity index (χ4v) is 1.86. The molecule has 0 saturated carbocycles. The van der Waals surface area contributed by atoms with Crippen LogP contribution < -0.4 is 5.32 Å². The van der Waals surface area contributed by atoms with Crippen LogP contribution in [0.4, 0.5) is 0 Å². The average molecular weight is 217 g/mol. The van der Waals surface area contributed by atoms with Gasteiger partial charge >= 0.3 is 0 Å². The first-order chi connectivity index (χ1) is 7.38. The van der Waals surface area contributed by atoms with E-state index in [9.17, 15) is 0 Å². The normalized spacial score (nSPS) is 37.8. The smallest absolute Gasteiger partial charge is 0.157 e. The molecule has 0 aliphatic carbocycles. The lowest BCUT2D eigenvalue weighted by atomic mass is 10.1. The molecule has 0 bridgehead atoms. The molecule has 0 radical (unpaired) electrons. The molecule has 5 nitrogen and oxygen atoms in total. The van der Waals surface area contributed by atoms with Crippen LogP contribution in [0.3, 0.4) is 0 Å². The standard InChI is InChI=1S/C10H19NO4/c1-12-10-3-2-8(6-14-10)15-9-7-13-5-4-11-9/h8-11H,2-7H2,1H3/t8-,9+,10+/m0/s1. The zero-order valence-corrected chi connectivity index (χ0v) is 9.11. The van der Waals surface area contributed by atoms with Gasteiger partial charge in [-0.1, -0.05) is 0 Å². The number of morpholine rings is 1. The van der Waals surface area contributed by atoms with E-state index in [4.69, 9.17) is 18.9 Å². The maximum Gasteiger partial charge on any atom is 0.157 e. The summed E-state index contributed by atoms with van der Waals surface area (Å²) in [5.41, 5.74) is 0. The van der Waals surface area contributed by atoms with E-state index >= 15 is 0 Å². The van der Waals surface area contributed by atoms with Gasteiger partial charge in [0.2, 0.25) is 0 Å². The molecule has 0 unspecified atom stereocenters. The van der Waals surface area contributed by atoms with Crippen molar-refractivity contribution < 1.29 is 18.9 Å². The van der Waals surface area contributed by atoms with Gasteiger partial charge in [0, 0.05) is 20.1 Å². The van der Waals surface area contributed by atoms with Gasteiger partial charge in [0.25, 0.3) is 0 Å². The van der Waals surface area contributed by atoms with E-state index in [1.54, 1.807) is 7.11 Å². The first kappa shape index (κ1) is 11.3. The Labute approximate surface area is 90.0 Å². The first-order valence-electron chi connectivity index (χ1n) is 5.49. The molecule has 3 atom stereocenters. The molecule has 2 fully saturated rings. The third-order valence-electron chi connectivity index (χ3n) is 2.70. The predicted molar refractivity (Wildman–Crippen MR) is 53.5 cm³/mol. The number of hydrogen-bond donors (Lipinski definition) is 1. The molecule has 0 spiro atoms. The SMILES string of the molecule is CO[C@H]1CC[C@H](O[C@@H]2COCCN2)CO1. The van der Waals surface area contributed by atoms with E-state index in [1.807, 2.05) is 0 Å². The van der Waals surface area contributed by atoms with Crippen molar-refractivity contribution in [2.24, 2.45) is 0 Å². The second-order valence-corrected chi connectivity index (χ2v) is 3.85. The van der Waals surface area contributed by atoms with Crippen molar-refractivity contribution in [3.63, 3.8) is 0 Å². The van der Waals surface area contributed by atoms with E-state index < -0.39 is 0 Å². The highest BCUT2D eigenvalue weighted by atomic mass is 16.7. The van der Waals surface area contributed by atoms with E-state index in [2.05, 4.69) is 5.32 Å². The Bertz CT molecular complexity index is 176. The lowest BCUT2D eigenvalue weighted by Gasteiger charge is -2.32. The van der Waals surface area contributed by atoms with Crippen LogP contribution in [0.5, 0.6) is 0 Å². The Balaban J connectivity index is 1.67. The summed E-state index contributed by atoms with van der Waals surface area (Å²) in [5, 5.41) is 3.26. The topological polar surface area (TPSA) is 49.0 Å². The number of ether oxygens (including phenoxy) is 4. The summed E-state index contributed by atoms with van der Waals surface area (Å²) in [6.07, 6.45) is 2.01. The van der Waals surface area contributed by atoms with Crippen LogP contribution in [-0.4, -0.2) is 52.1 Å². The summed E-state index contributed by atoms with van der Waals surface area (Å²) < 4.78 is 21.7. The van der Waals surface area contributed by atoms with Gasteiger partial charge < -0.3 is 18.9 Å². The van der Waals surface area contributed by atoms with Crippen LogP contribution in [0.15, 0.2) is 0 Å². The minimum absolute atomic E-state index is 0.0199. The van der Waals surface area contributed by atoms with Gasteiger partial charge in [0.15, 0.2) is 6.29 Å². The zero-order valence-electron chi connectivity index (χ0n) is 9.11. The van der Waals surface area contributed by atoms with Crippen molar-refractivity contribution in [1.29, 1.82) is 0 Å². The van der Waals surface area contributed by atoms with Gasteiger partial charge in [0.1, 0.15) is 6.23 Å². The maximum absolute atomic E-state index is 5.81. The van der Waals surface area contributed by atoms with Gasteiger partial charge in [-0.25, -0.2) is 0 Å². The van der Waals surface area contributed by atoms with E-state index in [0.717, 1.165) is 26.0 Å². The fourth-order valence-electron chi connectivity index (χ4n) is 1.86. The molecule has 15 heavy (non-hydrogen) atoms. The third-order valence-corrected chi connectivity index (χ3v) is 2.70. The molecular weight excluding hydrogens is 198 g/mol. The number of rotatable bonds is 3. The minimum Gasteiger partial charge on any atom is -0.376 e. The van der Waals surface area contributed by atoms with Crippen molar-refractivity contribution in [3.8, 4) is 0 Å². The Morgan fingerprint density at radius 1 is 1.27 bits per heavy atom. The Morgan fingerprint density at radius 3 is 2.80 bits per heavy atom. The van der Waals surface area contributed by atoms with Gasteiger partial charge in [-0.15, -0.1) is 0 Å². The Kier molecular flexibility index (Phi) is 4.34. The van der Waals surface area contributed by atoms with Crippen molar-refractivity contribution in [2.45, 2.75) is 31.5 Å². The average Bonchev–Trinajstić information content (AvgIpc) is 2.31. The predicted octanol–water partition coefficient (Wildman–Crippen LogP) is 0.100. The maximum atomic E-state index is 5.81. The highest BCUT2D eigenvalue weighted by molar-refractivity contribution is 4.69. The van der Waals surface area contributed by atoms with Crippen LogP contribution >= 0.6 is 0 Å². The summed E-state index contributed by atoms with van der Waals surface area (Å²) in [7, 11) is 1.67. The summed E-state index contributed by atoms with van der Waals surface area (Å²) >= 11 is 0. The van der Waals surface area contributed by atoms with Gasteiger partial charge in [-0.05, 0) is 6.42 Å². The molecule has 2 aliphatic heterocycles. The highest BCUT2D eigenvalue weighted by Crippen LogP contribution is 2.17. The van der Waals surface area contributed by atoms with Gasteiger partial charge in [-0.2, -0.15) is 0 Å². The van der Waals surface area contributed by atoms with E-state index in [1.165, 1.54) is 0 Å². The molecule has 0 aromatic rings. The summed E-state index contributed by atoms with van der Waals surface area (Å²) in [6, 6.07) is 0. The molecule has 0 aromatic heterocycles. The lowest BCUT2D eigenvalue weighted by Crippen LogP contribution is -2.46. The number of nitrogens with one attached hydrogen (secondary N) is 1. The molecule has 2 rings (SSSR count). The van der Waals surface area contributed by atoms with Gasteiger partial charge in [-0.3, -0.25) is 5.32 Å². The van der Waals surface area contributed by atoms with Crippen LogP contribution in [-0.2, 0) is 18.9 Å². The first-order valence-corrected chi connectivity index (χ1v) is 5.49. The molecule has 88 valence electrons. The van der Waals surface area contributed by atoms with Crippen molar-refractivity contribution in [2.75, 3.05) is 33.5 Å². The number of methoxy groups -OCH3 is 1. The molecule has 0 aromatic carbocycles. The largest absolute Gasteiger partial charge is 0.376 e. The summed E-state index contributed by atoms with van der Waals surface area (Å²) in [4.78, 5) is 0. The van der Waals surface area contributed by atoms with Crippen molar-refractivity contribution >= 4 is 0 Å². The molecule has 5 heteroatoms. The highest BCUT2D eigenvalue weighted by Gasteiger charge is 2.25.